The molecule has 1 saturated heterocycles. The molecule has 3 aromatic heterocycles. The van der Waals surface area contributed by atoms with Gasteiger partial charge in [-0.2, -0.15) is 0 Å². The van der Waals surface area contributed by atoms with Crippen LogP contribution in [0, 0.1) is 34.5 Å². The van der Waals surface area contributed by atoms with Crippen molar-refractivity contribution in [2.75, 3.05) is 11.9 Å². The van der Waals surface area contributed by atoms with Crippen LogP contribution in [-0.2, 0) is 16.6 Å². The van der Waals surface area contributed by atoms with E-state index in [0.29, 0.717) is 64.9 Å². The van der Waals surface area contributed by atoms with Crippen LogP contribution < -0.4 is 10.1 Å². The molecular weight excluding hydrogens is 999 g/mol. The van der Waals surface area contributed by atoms with E-state index in [4.69, 9.17) is 14.5 Å². The van der Waals surface area contributed by atoms with Crippen LogP contribution in [-0.4, -0.2) is 111 Å². The molecule has 15 heteroatoms. The van der Waals surface area contributed by atoms with Crippen LogP contribution in [0.5, 0.6) is 11.5 Å². The molecular formula is C64H69N5O10. The van der Waals surface area contributed by atoms with E-state index in [1.54, 1.807) is 43.7 Å². The van der Waals surface area contributed by atoms with Crippen molar-refractivity contribution in [1.82, 2.24) is 19.9 Å². The lowest BCUT2D eigenvalue weighted by atomic mass is 9.50. The molecule has 7 heterocycles. The maximum absolute atomic E-state index is 15.4. The number of benzene rings is 2. The first-order chi connectivity index (χ1) is 38.1. The van der Waals surface area contributed by atoms with Crippen LogP contribution in [0.4, 0.5) is 5.82 Å². The number of rotatable bonds is 1. The van der Waals surface area contributed by atoms with Crippen LogP contribution in [0.1, 0.15) is 194 Å². The molecule has 12 unspecified atom stereocenters. The van der Waals surface area contributed by atoms with Gasteiger partial charge in [0, 0.05) is 68.9 Å². The number of aliphatic hydroxyl groups excluding tert-OH is 5. The van der Waals surface area contributed by atoms with Crippen molar-refractivity contribution in [2.45, 2.75) is 189 Å². The summed E-state index contributed by atoms with van der Waals surface area (Å²) in [7, 11) is 0. The van der Waals surface area contributed by atoms with Gasteiger partial charge in [0.1, 0.15) is 29.5 Å². The zero-order valence-electron chi connectivity index (χ0n) is 44.7. The summed E-state index contributed by atoms with van der Waals surface area (Å²) in [6.07, 6.45) is 17.0. The summed E-state index contributed by atoms with van der Waals surface area (Å²) in [5, 5.41) is 84.1. The van der Waals surface area contributed by atoms with E-state index >= 15 is 9.59 Å². The number of fused-ring (bicyclic) bond motifs is 11. The number of nitrogens with one attached hydrogen (secondary N) is 3. The number of aromatic amines is 2. The minimum atomic E-state index is -2.44. The summed E-state index contributed by atoms with van der Waals surface area (Å²) >= 11 is 0. The number of ether oxygens (including phenoxy) is 2. The van der Waals surface area contributed by atoms with Gasteiger partial charge in [0.05, 0.1) is 35.1 Å². The number of anilines is 1. The third kappa shape index (κ3) is 5.71. The molecule has 18 rings (SSSR count). The fourth-order valence-electron chi connectivity index (χ4n) is 20.9. The summed E-state index contributed by atoms with van der Waals surface area (Å²) in [4.78, 5) is 48.1. The van der Waals surface area contributed by atoms with Gasteiger partial charge in [0.15, 0.2) is 17.5 Å². The number of phenolic OH excluding ortho intramolecular Hbond substituents is 1. The van der Waals surface area contributed by atoms with Gasteiger partial charge in [-0.05, 0) is 177 Å². The van der Waals surface area contributed by atoms with Gasteiger partial charge < -0.3 is 55.4 Å². The highest BCUT2D eigenvalue weighted by Crippen LogP contribution is 2.77. The average molecular weight is 1070 g/mol. The van der Waals surface area contributed by atoms with Gasteiger partial charge in [-0.15, -0.1) is 0 Å². The predicted octanol–water partition coefficient (Wildman–Crippen LogP) is 8.54. The second-order valence-electron chi connectivity index (χ2n) is 27.3. The molecule has 15 nitrogen and oxygen atoms in total. The molecule has 13 aliphatic rings. The lowest BCUT2D eigenvalue weighted by molar-refractivity contribution is -0.366. The molecule has 9 aliphatic carbocycles. The Morgan fingerprint density at radius 2 is 1.61 bits per heavy atom. The number of aryl methyl sites for hydroxylation is 1. The number of hydrogen-bond acceptors (Lipinski definition) is 13. The lowest BCUT2D eigenvalue weighted by Crippen LogP contribution is -2.79. The van der Waals surface area contributed by atoms with Crippen molar-refractivity contribution < 1.29 is 49.7 Å². The Kier molecular flexibility index (Phi) is 9.52. The number of carbonyl (C=O) groups is 2. The van der Waals surface area contributed by atoms with Crippen LogP contribution in [0.2, 0.25) is 0 Å². The molecule has 410 valence electrons. The zero-order chi connectivity index (χ0) is 53.5. The Morgan fingerprint density at radius 3 is 2.41 bits per heavy atom. The van der Waals surface area contributed by atoms with Crippen molar-refractivity contribution in [3.8, 4) is 11.5 Å². The molecule has 9 N–H and O–H groups in total. The third-order valence-electron chi connectivity index (χ3n) is 23.9. The minimum absolute atomic E-state index is 0.00253. The van der Waals surface area contributed by atoms with Gasteiger partial charge in [0.25, 0.3) is 5.79 Å². The molecule has 2 aromatic carbocycles. The number of aliphatic hydroxyl groups is 5. The van der Waals surface area contributed by atoms with Crippen molar-refractivity contribution >= 4 is 33.7 Å². The summed E-state index contributed by atoms with van der Waals surface area (Å²) in [5.74, 6) is -3.83. The topological polar surface area (TPSA) is 243 Å². The van der Waals surface area contributed by atoms with Crippen molar-refractivity contribution in [1.29, 1.82) is 0 Å². The first-order valence-electron chi connectivity index (χ1n) is 29.8. The number of carbonyl (C=O) groups excluding carboxylic acids is 2. The summed E-state index contributed by atoms with van der Waals surface area (Å²) < 4.78 is 15.1. The number of H-pyrrole nitrogens is 2. The van der Waals surface area contributed by atoms with E-state index in [-0.39, 0.29) is 57.0 Å². The number of aromatic nitrogens is 4. The van der Waals surface area contributed by atoms with Crippen LogP contribution in [0.15, 0.2) is 60.2 Å². The number of ketones is 2. The normalized spacial score (nSPS) is 38.6. The second-order valence-corrected chi connectivity index (χ2v) is 27.3. The van der Waals surface area contributed by atoms with E-state index in [9.17, 15) is 30.6 Å². The minimum Gasteiger partial charge on any atom is -0.507 e. The molecule has 0 amide bonds. The van der Waals surface area contributed by atoms with E-state index in [2.05, 4.69) is 20.3 Å². The van der Waals surface area contributed by atoms with E-state index < -0.39 is 69.7 Å². The Hall–Kier alpha value is -5.68. The maximum atomic E-state index is 15.4. The smallest absolute Gasteiger partial charge is 0.261 e. The van der Waals surface area contributed by atoms with Gasteiger partial charge in [-0.3, -0.25) is 9.59 Å². The highest BCUT2D eigenvalue weighted by molar-refractivity contribution is 6.34. The largest absolute Gasteiger partial charge is 0.507 e. The van der Waals surface area contributed by atoms with Crippen molar-refractivity contribution in [3.05, 3.63) is 116 Å². The summed E-state index contributed by atoms with van der Waals surface area (Å²) in [6.45, 7) is 1.78. The molecule has 5 aromatic rings. The highest BCUT2D eigenvalue weighted by atomic mass is 16.7. The number of nitrogens with zero attached hydrogens (tertiary/aromatic N) is 2. The van der Waals surface area contributed by atoms with Gasteiger partial charge in [-0.25, -0.2) is 9.97 Å². The Bertz CT molecular complexity index is 3630. The fourth-order valence-corrected chi connectivity index (χ4v) is 20.9. The van der Waals surface area contributed by atoms with Crippen molar-refractivity contribution in [2.24, 2.45) is 27.6 Å². The average Bonchev–Trinajstić information content (AvgIpc) is 2.48. The number of phenols is 1. The molecule has 5 saturated carbocycles. The molecule has 6 spiro atoms. The standard InChI is InChI=1S/C64H69N5O10/c1-31-20-36-45(40(70)21-31)51(73)47-41-22-35-33(46(47)50(36)72)11-19-66-56(35)67-27-43(71)62-29-59(14-6-7-15-59)24-38(62)44-34-10-9-32-8-2-3-16-61(32,42-26-65-30-68-42)53(34)69-49(44)37-23-63(78-41)54(75)52(74)55(76)64(79-63)48(37)39(62)25-60(57(64)77)18-17-58(28-60)12-4-5-13-58/h11,19-23,26,30,32,38,43,52,54-55,57,69-71,74-77H,2-10,12-18,24-25,27-29H2,1H3,(H,65,68)(H,66,67). The SMILES string of the molecule is Cc1cc(O)c2c(c1)C(=O)c1c(c3cc4c(nccc14)NCC(O)C14CC5(CCCC5)CC1c1c([nH]c5c1CCC1CCCCC51c1cnc[nH]1)C1=CC5(O3)OC3(C1=C4CC1(CCC4(CCCC4)C1)C3O)C(O)C(O)C5O)C2=O. The first kappa shape index (κ1) is 48.1. The van der Waals surface area contributed by atoms with Crippen LogP contribution in [0.25, 0.3) is 16.3 Å². The highest BCUT2D eigenvalue weighted by Gasteiger charge is 2.77. The Balaban J connectivity index is 1.02. The van der Waals surface area contributed by atoms with E-state index in [1.165, 1.54) is 11.6 Å². The van der Waals surface area contributed by atoms with Crippen LogP contribution >= 0.6 is 0 Å². The number of pyridine rings is 1. The maximum Gasteiger partial charge on any atom is 0.261 e. The zero-order valence-corrected chi connectivity index (χ0v) is 44.7. The third-order valence-corrected chi connectivity index (χ3v) is 23.9. The van der Waals surface area contributed by atoms with Gasteiger partial charge in [-0.1, -0.05) is 44.1 Å². The second kappa shape index (κ2) is 15.6. The first-order valence-corrected chi connectivity index (χ1v) is 29.8. The number of aromatic hydroxyl groups is 1. The van der Waals surface area contributed by atoms with E-state index in [1.807, 2.05) is 6.20 Å². The van der Waals surface area contributed by atoms with Crippen LogP contribution in [0.3, 0.4) is 0 Å². The molecule has 0 radical (unpaired) electrons. The van der Waals surface area contributed by atoms with Gasteiger partial charge >= 0.3 is 0 Å². The fraction of sp³-hybridized carbons (Fsp3) is 0.562. The lowest BCUT2D eigenvalue weighted by Gasteiger charge is -2.64. The molecule has 12 atom stereocenters. The molecule has 6 fully saturated rings. The Labute approximate surface area is 457 Å². The van der Waals surface area contributed by atoms with E-state index in [0.717, 1.165) is 131 Å². The molecule has 8 bridgehead atoms. The predicted molar refractivity (Wildman–Crippen MR) is 290 cm³/mol. The summed E-state index contributed by atoms with van der Waals surface area (Å²) in [6, 6.07) is 6.31. The quantitative estimate of drug-likeness (QED) is 0.0751. The monoisotopic (exact) mass is 1070 g/mol. The summed E-state index contributed by atoms with van der Waals surface area (Å²) in [5.41, 5.74) is 2.91. The number of hydrogen-bond donors (Lipinski definition) is 9. The molecule has 79 heavy (non-hydrogen) atoms. The number of imidazole rings is 1. The Morgan fingerprint density at radius 1 is 0.810 bits per heavy atom. The van der Waals surface area contributed by atoms with Gasteiger partial charge in [0.2, 0.25) is 5.78 Å². The molecule has 4 aliphatic heterocycles. The van der Waals surface area contributed by atoms with Crippen molar-refractivity contribution in [3.63, 3.8) is 0 Å².